The van der Waals surface area contributed by atoms with Crippen molar-refractivity contribution in [3.8, 4) is 0 Å². The first-order valence-electron chi connectivity index (χ1n) is 7.84. The Morgan fingerprint density at radius 3 is 2.85 bits per heavy atom. The van der Waals surface area contributed by atoms with E-state index in [4.69, 9.17) is 0 Å². The Morgan fingerprint density at radius 1 is 1.40 bits per heavy atom. The van der Waals surface area contributed by atoms with Gasteiger partial charge >= 0.3 is 0 Å². The third-order valence-corrected chi connectivity index (χ3v) is 4.06. The standard InChI is InChI=1S/C17H26N2O/c1-2-6-16(15-7-4-3-5-8-15)19-17(20)10-9-14-11-12-18-13-14/h3-5,7-8,14,16,18H,2,6,9-13H2,1H3,(H,19,20). The zero-order valence-corrected chi connectivity index (χ0v) is 12.4. The maximum atomic E-state index is 12.1. The average Bonchev–Trinajstić information content (AvgIpc) is 2.99. The summed E-state index contributed by atoms with van der Waals surface area (Å²) >= 11 is 0. The molecule has 1 fully saturated rings. The second-order valence-electron chi connectivity index (χ2n) is 5.72. The van der Waals surface area contributed by atoms with Crippen molar-refractivity contribution in [1.82, 2.24) is 10.6 Å². The van der Waals surface area contributed by atoms with Gasteiger partial charge in [-0.15, -0.1) is 0 Å². The van der Waals surface area contributed by atoms with Gasteiger partial charge in [-0.05, 0) is 43.8 Å². The third kappa shape index (κ3) is 4.64. The van der Waals surface area contributed by atoms with E-state index in [1.807, 2.05) is 18.2 Å². The SMILES string of the molecule is CCCC(NC(=O)CCC1CCNC1)c1ccccc1. The van der Waals surface area contributed by atoms with Crippen LogP contribution in [0.1, 0.15) is 50.6 Å². The Kier molecular flexibility index (Phi) is 6.06. The first-order chi connectivity index (χ1) is 9.79. The number of amides is 1. The number of hydrogen-bond donors (Lipinski definition) is 2. The molecule has 1 aromatic rings. The van der Waals surface area contributed by atoms with Crippen LogP contribution >= 0.6 is 0 Å². The van der Waals surface area contributed by atoms with Crippen molar-refractivity contribution < 1.29 is 4.79 Å². The van der Waals surface area contributed by atoms with Crippen molar-refractivity contribution in [3.05, 3.63) is 35.9 Å². The Balaban J connectivity index is 1.82. The Bertz CT molecular complexity index is 399. The number of benzene rings is 1. The van der Waals surface area contributed by atoms with Gasteiger partial charge in [0.2, 0.25) is 5.91 Å². The minimum absolute atomic E-state index is 0.162. The van der Waals surface area contributed by atoms with Gasteiger partial charge in [0, 0.05) is 6.42 Å². The number of nitrogens with one attached hydrogen (secondary N) is 2. The van der Waals surface area contributed by atoms with Crippen molar-refractivity contribution in [1.29, 1.82) is 0 Å². The minimum Gasteiger partial charge on any atom is -0.349 e. The highest BCUT2D eigenvalue weighted by atomic mass is 16.1. The van der Waals surface area contributed by atoms with Gasteiger partial charge in [0.05, 0.1) is 6.04 Å². The summed E-state index contributed by atoms with van der Waals surface area (Å²) in [7, 11) is 0. The Labute approximate surface area is 122 Å². The van der Waals surface area contributed by atoms with Gasteiger partial charge in [0.25, 0.3) is 0 Å². The second kappa shape index (κ2) is 8.05. The van der Waals surface area contributed by atoms with E-state index in [9.17, 15) is 4.79 Å². The zero-order valence-electron chi connectivity index (χ0n) is 12.4. The number of hydrogen-bond acceptors (Lipinski definition) is 2. The predicted octanol–water partition coefficient (Wildman–Crippen LogP) is 3.03. The maximum absolute atomic E-state index is 12.1. The molecule has 20 heavy (non-hydrogen) atoms. The fraction of sp³-hybridized carbons (Fsp3) is 0.588. The van der Waals surface area contributed by atoms with Gasteiger partial charge in [-0.1, -0.05) is 43.7 Å². The summed E-state index contributed by atoms with van der Waals surface area (Å²) in [4.78, 5) is 12.1. The fourth-order valence-electron chi connectivity index (χ4n) is 2.86. The topological polar surface area (TPSA) is 41.1 Å². The van der Waals surface area contributed by atoms with Crippen molar-refractivity contribution in [2.45, 2.75) is 45.1 Å². The summed E-state index contributed by atoms with van der Waals surface area (Å²) in [5.41, 5.74) is 1.21. The first kappa shape index (κ1) is 15.0. The molecule has 0 spiro atoms. The molecule has 0 saturated carbocycles. The molecule has 0 aliphatic carbocycles. The molecule has 2 N–H and O–H groups in total. The van der Waals surface area contributed by atoms with Crippen LogP contribution in [0.5, 0.6) is 0 Å². The average molecular weight is 274 g/mol. The van der Waals surface area contributed by atoms with Gasteiger partial charge in [-0.3, -0.25) is 4.79 Å². The molecule has 2 atom stereocenters. The van der Waals surface area contributed by atoms with E-state index in [0.29, 0.717) is 12.3 Å². The third-order valence-electron chi connectivity index (χ3n) is 4.06. The summed E-state index contributed by atoms with van der Waals surface area (Å²) in [5.74, 6) is 0.876. The van der Waals surface area contributed by atoms with Crippen molar-refractivity contribution >= 4 is 5.91 Å². The molecule has 0 radical (unpaired) electrons. The van der Waals surface area contributed by atoms with Gasteiger partial charge in [0.1, 0.15) is 0 Å². The van der Waals surface area contributed by atoms with Crippen molar-refractivity contribution in [3.63, 3.8) is 0 Å². The molecule has 3 heteroatoms. The normalized spacial score (nSPS) is 19.8. The molecule has 0 aromatic heterocycles. The highest BCUT2D eigenvalue weighted by molar-refractivity contribution is 5.76. The highest BCUT2D eigenvalue weighted by Gasteiger charge is 2.17. The summed E-state index contributed by atoms with van der Waals surface area (Å²) in [5, 5.41) is 6.55. The van der Waals surface area contributed by atoms with Crippen LogP contribution in [0.4, 0.5) is 0 Å². The lowest BCUT2D eigenvalue weighted by atomic mass is 10.00. The molecular weight excluding hydrogens is 248 g/mol. The smallest absolute Gasteiger partial charge is 0.220 e. The number of carbonyl (C=O) groups is 1. The van der Waals surface area contributed by atoms with Crippen LogP contribution in [-0.4, -0.2) is 19.0 Å². The molecule has 0 bridgehead atoms. The molecule has 1 aliphatic heterocycles. The van der Waals surface area contributed by atoms with Gasteiger partial charge in [-0.2, -0.15) is 0 Å². The molecule has 3 nitrogen and oxygen atoms in total. The van der Waals surface area contributed by atoms with Crippen LogP contribution < -0.4 is 10.6 Å². The van der Waals surface area contributed by atoms with E-state index >= 15 is 0 Å². The lowest BCUT2D eigenvalue weighted by Gasteiger charge is -2.19. The molecule has 1 saturated heterocycles. The molecular formula is C17H26N2O. The zero-order chi connectivity index (χ0) is 14.2. The summed E-state index contributed by atoms with van der Waals surface area (Å²) in [6.45, 7) is 4.34. The van der Waals surface area contributed by atoms with Crippen molar-refractivity contribution in [2.75, 3.05) is 13.1 Å². The highest BCUT2D eigenvalue weighted by Crippen LogP contribution is 2.19. The second-order valence-corrected chi connectivity index (χ2v) is 5.72. The maximum Gasteiger partial charge on any atom is 0.220 e. The first-order valence-corrected chi connectivity index (χ1v) is 7.84. The molecule has 110 valence electrons. The quantitative estimate of drug-likeness (QED) is 0.802. The number of rotatable bonds is 7. The molecule has 1 aromatic carbocycles. The van der Waals surface area contributed by atoms with Crippen LogP contribution in [0.25, 0.3) is 0 Å². The largest absolute Gasteiger partial charge is 0.349 e. The van der Waals surface area contributed by atoms with Crippen LogP contribution in [0.3, 0.4) is 0 Å². The Morgan fingerprint density at radius 2 is 2.20 bits per heavy atom. The van der Waals surface area contributed by atoms with Crippen LogP contribution in [0, 0.1) is 5.92 Å². The van der Waals surface area contributed by atoms with Gasteiger partial charge in [0.15, 0.2) is 0 Å². The Hall–Kier alpha value is -1.35. The van der Waals surface area contributed by atoms with Gasteiger partial charge < -0.3 is 10.6 Å². The van der Waals surface area contributed by atoms with Crippen LogP contribution in [0.15, 0.2) is 30.3 Å². The van der Waals surface area contributed by atoms with Crippen LogP contribution in [-0.2, 0) is 4.79 Å². The minimum atomic E-state index is 0.162. The molecule has 1 amide bonds. The van der Waals surface area contributed by atoms with Crippen LogP contribution in [0.2, 0.25) is 0 Å². The van der Waals surface area contributed by atoms with E-state index in [1.165, 1.54) is 12.0 Å². The van der Waals surface area contributed by atoms with Gasteiger partial charge in [-0.25, -0.2) is 0 Å². The molecule has 2 rings (SSSR count). The lowest BCUT2D eigenvalue weighted by molar-refractivity contribution is -0.122. The van der Waals surface area contributed by atoms with E-state index in [2.05, 4.69) is 29.7 Å². The van der Waals surface area contributed by atoms with E-state index in [1.54, 1.807) is 0 Å². The summed E-state index contributed by atoms with van der Waals surface area (Å²) < 4.78 is 0. The van der Waals surface area contributed by atoms with E-state index in [-0.39, 0.29) is 11.9 Å². The lowest BCUT2D eigenvalue weighted by Crippen LogP contribution is -2.28. The predicted molar refractivity (Wildman–Crippen MR) is 82.4 cm³/mol. The fourth-order valence-corrected chi connectivity index (χ4v) is 2.86. The number of carbonyl (C=O) groups excluding carboxylic acids is 1. The van der Waals surface area contributed by atoms with E-state index < -0.39 is 0 Å². The monoisotopic (exact) mass is 274 g/mol. The molecule has 2 unspecified atom stereocenters. The summed E-state index contributed by atoms with van der Waals surface area (Å²) in [6.07, 6.45) is 4.95. The van der Waals surface area contributed by atoms with E-state index in [0.717, 1.165) is 32.4 Å². The van der Waals surface area contributed by atoms with Crippen molar-refractivity contribution in [2.24, 2.45) is 5.92 Å². The molecule has 1 aliphatic rings. The summed E-state index contributed by atoms with van der Waals surface area (Å²) in [6, 6.07) is 10.4. The molecule has 1 heterocycles.